The van der Waals surface area contributed by atoms with Gasteiger partial charge in [-0.3, -0.25) is 4.79 Å². The number of nitrogens with zero attached hydrogens (tertiary/aromatic N) is 1. The quantitative estimate of drug-likeness (QED) is 0.751. The van der Waals surface area contributed by atoms with Crippen molar-refractivity contribution in [3.05, 3.63) is 41.0 Å². The summed E-state index contributed by atoms with van der Waals surface area (Å²) in [5.41, 5.74) is 2.24. The van der Waals surface area contributed by atoms with E-state index in [1.165, 1.54) is 6.08 Å². The molecular weight excluding hydrogens is 268 g/mol. The Hall–Kier alpha value is -2.14. The average molecular weight is 290 g/mol. The van der Waals surface area contributed by atoms with Crippen molar-refractivity contribution in [1.29, 1.82) is 0 Å². The molecule has 0 aromatic heterocycles. The third-order valence-electron chi connectivity index (χ3n) is 3.26. The van der Waals surface area contributed by atoms with E-state index in [1.807, 2.05) is 14.0 Å². The predicted molar refractivity (Wildman–Crippen MR) is 83.4 cm³/mol. The summed E-state index contributed by atoms with van der Waals surface area (Å²) < 4.78 is 0. The number of rotatable bonds is 7. The van der Waals surface area contributed by atoms with Gasteiger partial charge in [0.2, 0.25) is 0 Å². The number of carboxylic acids is 1. The van der Waals surface area contributed by atoms with Gasteiger partial charge in [-0.2, -0.15) is 0 Å². The molecule has 0 unspecified atom stereocenters. The third-order valence-corrected chi connectivity index (χ3v) is 3.26. The maximum atomic E-state index is 12.0. The van der Waals surface area contributed by atoms with E-state index < -0.39 is 5.97 Å². The highest BCUT2D eigenvalue weighted by Crippen LogP contribution is 2.13. The van der Waals surface area contributed by atoms with Crippen molar-refractivity contribution >= 4 is 18.0 Å². The van der Waals surface area contributed by atoms with Crippen LogP contribution in [0.25, 0.3) is 6.08 Å². The standard InChI is InChI=1S/C16H22N2O3/c1-4-18(3)10-9-17-16(21)14-6-5-13(12(2)11-14)7-8-15(19)20/h5-8,11H,4,9-10H2,1-3H3,(H,17,21)(H,19,20)/b8-7+. The molecule has 1 rings (SSSR count). The van der Waals surface area contributed by atoms with Crippen LogP contribution in [0.5, 0.6) is 0 Å². The number of nitrogens with one attached hydrogen (secondary N) is 1. The Bertz CT molecular complexity index is 538. The lowest BCUT2D eigenvalue weighted by Crippen LogP contribution is -2.32. The minimum Gasteiger partial charge on any atom is -0.478 e. The number of hydrogen-bond acceptors (Lipinski definition) is 3. The second kappa shape index (κ2) is 8.21. The number of hydrogen-bond donors (Lipinski definition) is 2. The van der Waals surface area contributed by atoms with Crippen LogP contribution in [-0.2, 0) is 4.79 Å². The fraction of sp³-hybridized carbons (Fsp3) is 0.375. The van der Waals surface area contributed by atoms with Crippen molar-refractivity contribution in [2.75, 3.05) is 26.7 Å². The first-order chi connectivity index (χ1) is 9.93. The Labute approximate surface area is 125 Å². The largest absolute Gasteiger partial charge is 0.478 e. The van der Waals surface area contributed by atoms with E-state index in [1.54, 1.807) is 18.2 Å². The van der Waals surface area contributed by atoms with E-state index in [-0.39, 0.29) is 5.91 Å². The van der Waals surface area contributed by atoms with Gasteiger partial charge >= 0.3 is 5.97 Å². The van der Waals surface area contributed by atoms with Crippen LogP contribution in [0.4, 0.5) is 0 Å². The molecule has 0 saturated carbocycles. The molecule has 5 heteroatoms. The maximum absolute atomic E-state index is 12.0. The van der Waals surface area contributed by atoms with Crippen LogP contribution < -0.4 is 5.32 Å². The average Bonchev–Trinajstić information content (AvgIpc) is 2.45. The Kier molecular flexibility index (Phi) is 6.62. The van der Waals surface area contributed by atoms with Gasteiger partial charge in [-0.15, -0.1) is 0 Å². The van der Waals surface area contributed by atoms with E-state index in [0.717, 1.165) is 30.3 Å². The first kappa shape index (κ1) is 16.9. The molecule has 1 aromatic carbocycles. The number of carbonyl (C=O) groups is 2. The van der Waals surface area contributed by atoms with Crippen molar-refractivity contribution in [1.82, 2.24) is 10.2 Å². The molecule has 0 fully saturated rings. The Morgan fingerprint density at radius 3 is 2.67 bits per heavy atom. The summed E-state index contributed by atoms with van der Waals surface area (Å²) in [6.07, 6.45) is 2.61. The highest BCUT2D eigenvalue weighted by Gasteiger charge is 2.07. The summed E-state index contributed by atoms with van der Waals surface area (Å²) in [6.45, 7) is 6.26. The SMILES string of the molecule is CCN(C)CCNC(=O)c1ccc(/C=C/C(=O)O)c(C)c1. The molecule has 2 N–H and O–H groups in total. The van der Waals surface area contributed by atoms with E-state index in [4.69, 9.17) is 5.11 Å². The minimum absolute atomic E-state index is 0.114. The molecule has 21 heavy (non-hydrogen) atoms. The number of carbonyl (C=O) groups excluding carboxylic acids is 1. The van der Waals surface area contributed by atoms with Crippen molar-refractivity contribution in [2.45, 2.75) is 13.8 Å². The van der Waals surface area contributed by atoms with Crippen LogP contribution in [0.1, 0.15) is 28.4 Å². The molecular formula is C16H22N2O3. The van der Waals surface area contributed by atoms with Gasteiger partial charge in [0, 0.05) is 24.7 Å². The van der Waals surface area contributed by atoms with Gasteiger partial charge in [0.1, 0.15) is 0 Å². The Morgan fingerprint density at radius 2 is 2.10 bits per heavy atom. The molecule has 0 atom stereocenters. The van der Waals surface area contributed by atoms with E-state index in [0.29, 0.717) is 12.1 Å². The van der Waals surface area contributed by atoms with Gasteiger partial charge in [0.05, 0.1) is 0 Å². The summed E-state index contributed by atoms with van der Waals surface area (Å²) in [6, 6.07) is 5.22. The molecule has 0 aliphatic rings. The van der Waals surface area contributed by atoms with Crippen LogP contribution in [0.3, 0.4) is 0 Å². The van der Waals surface area contributed by atoms with Gasteiger partial charge in [0.25, 0.3) is 5.91 Å². The summed E-state index contributed by atoms with van der Waals surface area (Å²) >= 11 is 0. The van der Waals surface area contributed by atoms with Crippen LogP contribution in [0.2, 0.25) is 0 Å². The maximum Gasteiger partial charge on any atom is 0.328 e. The number of amides is 1. The molecule has 0 aliphatic heterocycles. The number of aryl methyl sites for hydroxylation is 1. The Morgan fingerprint density at radius 1 is 1.38 bits per heavy atom. The lowest BCUT2D eigenvalue weighted by atomic mass is 10.0. The van der Waals surface area contributed by atoms with Crippen molar-refractivity contribution < 1.29 is 14.7 Å². The number of likely N-dealkylation sites (N-methyl/N-ethyl adjacent to an activating group) is 1. The van der Waals surface area contributed by atoms with Crippen LogP contribution >= 0.6 is 0 Å². The molecule has 1 amide bonds. The fourth-order valence-electron chi connectivity index (χ4n) is 1.79. The van der Waals surface area contributed by atoms with Gasteiger partial charge < -0.3 is 15.3 Å². The summed E-state index contributed by atoms with van der Waals surface area (Å²) in [4.78, 5) is 24.6. The van der Waals surface area contributed by atoms with Gasteiger partial charge in [-0.25, -0.2) is 4.79 Å². The topological polar surface area (TPSA) is 69.6 Å². The molecule has 0 radical (unpaired) electrons. The van der Waals surface area contributed by atoms with Crippen molar-refractivity contribution in [2.24, 2.45) is 0 Å². The molecule has 0 spiro atoms. The summed E-state index contributed by atoms with van der Waals surface area (Å²) in [5.74, 6) is -1.10. The van der Waals surface area contributed by atoms with E-state index in [2.05, 4.69) is 17.1 Å². The highest BCUT2D eigenvalue weighted by molar-refractivity contribution is 5.95. The second-order valence-electron chi connectivity index (χ2n) is 4.89. The molecule has 0 heterocycles. The third kappa shape index (κ3) is 5.79. The van der Waals surface area contributed by atoms with Crippen LogP contribution in [-0.4, -0.2) is 48.6 Å². The predicted octanol–water partition coefficient (Wildman–Crippen LogP) is 1.77. The van der Waals surface area contributed by atoms with Crippen molar-refractivity contribution in [3.63, 3.8) is 0 Å². The normalized spacial score (nSPS) is 11.0. The molecule has 114 valence electrons. The lowest BCUT2D eigenvalue weighted by Gasteiger charge is -2.14. The van der Waals surface area contributed by atoms with E-state index >= 15 is 0 Å². The lowest BCUT2D eigenvalue weighted by molar-refractivity contribution is -0.131. The van der Waals surface area contributed by atoms with Crippen LogP contribution in [0.15, 0.2) is 24.3 Å². The molecule has 0 aliphatic carbocycles. The van der Waals surface area contributed by atoms with Gasteiger partial charge in [-0.05, 0) is 49.9 Å². The zero-order valence-electron chi connectivity index (χ0n) is 12.7. The summed E-state index contributed by atoms with van der Waals surface area (Å²) in [5, 5.41) is 11.5. The van der Waals surface area contributed by atoms with E-state index in [9.17, 15) is 9.59 Å². The number of aliphatic carboxylic acids is 1. The van der Waals surface area contributed by atoms with Gasteiger partial charge in [0.15, 0.2) is 0 Å². The number of carboxylic acid groups (broad SMARTS) is 1. The fourth-order valence-corrected chi connectivity index (χ4v) is 1.79. The highest BCUT2D eigenvalue weighted by atomic mass is 16.4. The summed E-state index contributed by atoms with van der Waals surface area (Å²) in [7, 11) is 2.00. The number of benzene rings is 1. The zero-order valence-corrected chi connectivity index (χ0v) is 12.7. The van der Waals surface area contributed by atoms with Crippen LogP contribution in [0, 0.1) is 6.92 Å². The van der Waals surface area contributed by atoms with Crippen molar-refractivity contribution in [3.8, 4) is 0 Å². The minimum atomic E-state index is -0.990. The second-order valence-corrected chi connectivity index (χ2v) is 4.89. The molecule has 0 bridgehead atoms. The molecule has 1 aromatic rings. The monoisotopic (exact) mass is 290 g/mol. The molecule has 5 nitrogen and oxygen atoms in total. The molecule has 0 saturated heterocycles. The zero-order chi connectivity index (χ0) is 15.8. The Balaban J connectivity index is 2.66. The smallest absolute Gasteiger partial charge is 0.328 e. The first-order valence-electron chi connectivity index (χ1n) is 6.92. The first-order valence-corrected chi connectivity index (χ1v) is 6.92. The van der Waals surface area contributed by atoms with Gasteiger partial charge in [-0.1, -0.05) is 13.0 Å².